The normalized spacial score (nSPS) is 11.4. The highest BCUT2D eigenvalue weighted by molar-refractivity contribution is 7.23. The third-order valence-corrected chi connectivity index (χ3v) is 6.71. The lowest BCUT2D eigenvalue weighted by atomic mass is 9.98. The SMILES string of the molecule is COc1ccccc1-c1sc2ccc(NC(=O)OC(C)(C)C)cc2c1-c1c(OC)c(C)nn(C)c1=O. The van der Waals surface area contributed by atoms with Crippen LogP contribution in [0.25, 0.3) is 31.7 Å². The number of aryl methyl sites for hydroxylation is 2. The number of aromatic nitrogens is 2. The molecule has 0 aliphatic carbocycles. The largest absolute Gasteiger partial charge is 0.496 e. The van der Waals surface area contributed by atoms with Gasteiger partial charge in [-0.2, -0.15) is 5.10 Å². The maximum Gasteiger partial charge on any atom is 0.412 e. The van der Waals surface area contributed by atoms with E-state index in [4.69, 9.17) is 14.2 Å². The van der Waals surface area contributed by atoms with Crippen molar-refractivity contribution >= 4 is 33.2 Å². The first-order valence-corrected chi connectivity index (χ1v) is 12.2. The van der Waals surface area contributed by atoms with E-state index in [9.17, 15) is 9.59 Å². The Hall–Kier alpha value is -3.85. The summed E-state index contributed by atoms with van der Waals surface area (Å²) in [6, 6.07) is 13.2. The Morgan fingerprint density at radius 1 is 1.06 bits per heavy atom. The zero-order valence-electron chi connectivity index (χ0n) is 21.4. The third-order valence-electron chi connectivity index (χ3n) is 5.50. The van der Waals surface area contributed by atoms with Gasteiger partial charge in [0.1, 0.15) is 17.0 Å². The molecular formula is C27H29N3O5S. The van der Waals surface area contributed by atoms with Crippen LogP contribution in [0.15, 0.2) is 47.3 Å². The maximum atomic E-state index is 13.5. The zero-order valence-corrected chi connectivity index (χ0v) is 22.2. The maximum absolute atomic E-state index is 13.5. The number of anilines is 1. The Kier molecular flexibility index (Phi) is 6.77. The number of hydrogen-bond acceptors (Lipinski definition) is 7. The van der Waals surface area contributed by atoms with Crippen molar-refractivity contribution in [3.63, 3.8) is 0 Å². The molecule has 1 amide bonds. The highest BCUT2D eigenvalue weighted by Gasteiger charge is 2.26. The molecule has 0 saturated heterocycles. The molecule has 2 aromatic carbocycles. The summed E-state index contributed by atoms with van der Waals surface area (Å²) < 4.78 is 19.0. The Morgan fingerprint density at radius 2 is 1.78 bits per heavy atom. The van der Waals surface area contributed by atoms with E-state index in [1.807, 2.05) is 42.5 Å². The van der Waals surface area contributed by atoms with E-state index >= 15 is 0 Å². The van der Waals surface area contributed by atoms with Gasteiger partial charge in [-0.3, -0.25) is 10.1 Å². The number of benzene rings is 2. The molecule has 0 aliphatic rings. The van der Waals surface area contributed by atoms with Gasteiger partial charge in [-0.25, -0.2) is 9.48 Å². The number of methoxy groups -OCH3 is 2. The molecule has 2 aromatic heterocycles. The average molecular weight is 508 g/mol. The fourth-order valence-corrected chi connectivity index (χ4v) is 5.31. The van der Waals surface area contributed by atoms with Crippen LogP contribution in [-0.2, 0) is 11.8 Å². The number of nitrogens with one attached hydrogen (secondary N) is 1. The number of hydrogen-bond donors (Lipinski definition) is 1. The Labute approximate surface area is 213 Å². The van der Waals surface area contributed by atoms with E-state index in [0.717, 1.165) is 20.5 Å². The van der Waals surface area contributed by atoms with Crippen LogP contribution in [-0.4, -0.2) is 35.7 Å². The van der Waals surface area contributed by atoms with Crippen molar-refractivity contribution in [1.82, 2.24) is 9.78 Å². The molecule has 0 spiro atoms. The van der Waals surface area contributed by atoms with Crippen molar-refractivity contribution in [2.75, 3.05) is 19.5 Å². The number of fused-ring (bicyclic) bond motifs is 1. The van der Waals surface area contributed by atoms with Gasteiger partial charge in [0.05, 0.1) is 19.8 Å². The van der Waals surface area contributed by atoms with E-state index in [1.165, 1.54) is 23.1 Å². The van der Waals surface area contributed by atoms with E-state index in [2.05, 4.69) is 10.4 Å². The van der Waals surface area contributed by atoms with Crippen LogP contribution in [0.5, 0.6) is 11.5 Å². The molecule has 36 heavy (non-hydrogen) atoms. The molecule has 9 heteroatoms. The topological polar surface area (TPSA) is 91.7 Å². The molecule has 2 heterocycles. The smallest absolute Gasteiger partial charge is 0.412 e. The molecule has 4 aromatic rings. The Balaban J connectivity index is 2.03. The van der Waals surface area contributed by atoms with Gasteiger partial charge in [-0.1, -0.05) is 12.1 Å². The molecule has 0 radical (unpaired) electrons. The summed E-state index contributed by atoms with van der Waals surface area (Å²) >= 11 is 1.53. The molecule has 0 unspecified atom stereocenters. The first kappa shape index (κ1) is 25.2. The van der Waals surface area contributed by atoms with Crippen molar-refractivity contribution in [1.29, 1.82) is 0 Å². The minimum absolute atomic E-state index is 0.293. The van der Waals surface area contributed by atoms with E-state index in [0.29, 0.717) is 34.0 Å². The van der Waals surface area contributed by atoms with Crippen molar-refractivity contribution in [2.24, 2.45) is 7.05 Å². The van der Waals surface area contributed by atoms with Crippen LogP contribution in [0.3, 0.4) is 0 Å². The molecule has 0 bridgehead atoms. The quantitative estimate of drug-likeness (QED) is 0.356. The lowest BCUT2D eigenvalue weighted by Crippen LogP contribution is -2.27. The van der Waals surface area contributed by atoms with Gasteiger partial charge in [-0.15, -0.1) is 11.3 Å². The van der Waals surface area contributed by atoms with Crippen molar-refractivity contribution in [2.45, 2.75) is 33.3 Å². The van der Waals surface area contributed by atoms with Crippen LogP contribution in [0.2, 0.25) is 0 Å². The Morgan fingerprint density at radius 3 is 2.44 bits per heavy atom. The number of amides is 1. The molecule has 8 nitrogen and oxygen atoms in total. The summed E-state index contributed by atoms with van der Waals surface area (Å²) in [4.78, 5) is 26.8. The highest BCUT2D eigenvalue weighted by Crippen LogP contribution is 2.49. The van der Waals surface area contributed by atoms with E-state index in [1.54, 1.807) is 41.9 Å². The van der Waals surface area contributed by atoms with E-state index in [-0.39, 0.29) is 5.56 Å². The minimum Gasteiger partial charge on any atom is -0.496 e. The summed E-state index contributed by atoms with van der Waals surface area (Å²) in [6.07, 6.45) is -0.558. The second-order valence-electron chi connectivity index (χ2n) is 9.27. The van der Waals surface area contributed by atoms with Gasteiger partial charge < -0.3 is 14.2 Å². The van der Waals surface area contributed by atoms with Crippen molar-refractivity contribution in [3.8, 4) is 33.1 Å². The second kappa shape index (κ2) is 9.66. The van der Waals surface area contributed by atoms with Gasteiger partial charge in [0.25, 0.3) is 5.56 Å². The van der Waals surface area contributed by atoms with Crippen LogP contribution in [0.4, 0.5) is 10.5 Å². The highest BCUT2D eigenvalue weighted by atomic mass is 32.1. The lowest BCUT2D eigenvalue weighted by molar-refractivity contribution is 0.0636. The summed E-state index contributed by atoms with van der Waals surface area (Å²) in [5.74, 6) is 1.08. The number of carbonyl (C=O) groups is 1. The number of ether oxygens (including phenoxy) is 3. The van der Waals surface area contributed by atoms with Crippen LogP contribution < -0.4 is 20.3 Å². The van der Waals surface area contributed by atoms with Gasteiger partial charge in [0, 0.05) is 38.8 Å². The second-order valence-corrected chi connectivity index (χ2v) is 10.3. The fourth-order valence-electron chi connectivity index (χ4n) is 4.09. The first-order chi connectivity index (χ1) is 17.0. The monoisotopic (exact) mass is 507 g/mol. The number of carbonyl (C=O) groups excluding carboxylic acids is 1. The van der Waals surface area contributed by atoms with Gasteiger partial charge in [0.2, 0.25) is 0 Å². The average Bonchev–Trinajstić information content (AvgIpc) is 3.18. The molecule has 0 atom stereocenters. The van der Waals surface area contributed by atoms with Crippen molar-refractivity contribution < 1.29 is 19.0 Å². The summed E-state index contributed by atoms with van der Waals surface area (Å²) in [5, 5.41) is 7.89. The molecular weight excluding hydrogens is 478 g/mol. The van der Waals surface area contributed by atoms with E-state index < -0.39 is 11.7 Å². The standard InChI is InChI=1S/C27H29N3O5S/c1-15-23(34-7)22(25(31)30(5)29-15)21-18-14-16(28-26(32)35-27(2,3)4)12-13-20(18)36-24(21)17-10-8-9-11-19(17)33-6/h8-14H,1-7H3,(H,28,32). The number of rotatable bonds is 5. The van der Waals surface area contributed by atoms with Crippen LogP contribution in [0, 0.1) is 6.92 Å². The predicted octanol–water partition coefficient (Wildman–Crippen LogP) is 6.00. The van der Waals surface area contributed by atoms with Crippen molar-refractivity contribution in [3.05, 3.63) is 58.5 Å². The number of nitrogens with zero attached hydrogens (tertiary/aromatic N) is 2. The predicted molar refractivity (Wildman–Crippen MR) is 143 cm³/mol. The van der Waals surface area contributed by atoms with Crippen LogP contribution in [0.1, 0.15) is 26.5 Å². The summed E-state index contributed by atoms with van der Waals surface area (Å²) in [5.41, 5.74) is 2.14. The summed E-state index contributed by atoms with van der Waals surface area (Å²) in [6.45, 7) is 7.22. The molecule has 1 N–H and O–H groups in total. The fraction of sp³-hybridized carbons (Fsp3) is 0.296. The lowest BCUT2D eigenvalue weighted by Gasteiger charge is -2.19. The molecule has 188 valence electrons. The van der Waals surface area contributed by atoms with Gasteiger partial charge in [-0.05, 0) is 58.0 Å². The number of para-hydroxylation sites is 1. The molecule has 4 rings (SSSR count). The van der Waals surface area contributed by atoms with Crippen LogP contribution >= 0.6 is 11.3 Å². The first-order valence-electron chi connectivity index (χ1n) is 11.4. The Bertz CT molecular complexity index is 1510. The van der Waals surface area contributed by atoms with Gasteiger partial charge >= 0.3 is 6.09 Å². The molecule has 0 fully saturated rings. The third kappa shape index (κ3) is 4.79. The van der Waals surface area contributed by atoms with Gasteiger partial charge in [0.15, 0.2) is 5.75 Å². The molecule has 0 aliphatic heterocycles. The summed E-state index contributed by atoms with van der Waals surface area (Å²) in [7, 11) is 4.76. The number of thiophene rings is 1. The zero-order chi connectivity index (χ0) is 26.2. The minimum atomic E-state index is -0.632. The molecule has 0 saturated carbocycles.